The van der Waals surface area contributed by atoms with Crippen LogP contribution in [0.5, 0.6) is 0 Å². The number of imidazole rings is 1. The molecule has 0 aliphatic heterocycles. The fourth-order valence-electron chi connectivity index (χ4n) is 3.66. The number of fused-ring (bicyclic) bond motifs is 1. The molecule has 0 saturated carbocycles. The Kier molecular flexibility index (Phi) is 8.05. The van der Waals surface area contributed by atoms with Crippen molar-refractivity contribution in [2.75, 3.05) is 6.54 Å². The normalized spacial score (nSPS) is 11.3. The number of carbonyl (C=O) groups excluding carboxylic acids is 1. The summed E-state index contributed by atoms with van der Waals surface area (Å²) in [6.45, 7) is 3.58. The summed E-state index contributed by atoms with van der Waals surface area (Å²) in [5.41, 5.74) is 3.70. The minimum atomic E-state index is -0.00675. The fraction of sp³-hybridized carbons (Fsp3) is 0.360. The largest absolute Gasteiger partial charge is 0.353 e. The van der Waals surface area contributed by atoms with Crippen LogP contribution < -0.4 is 5.32 Å². The number of unbranched alkanes of at least 4 members (excludes halogenated alkanes) is 2. The molecule has 4 nitrogen and oxygen atoms in total. The lowest BCUT2D eigenvalue weighted by atomic mass is 10.1. The van der Waals surface area contributed by atoms with Crippen LogP contribution in [0.4, 0.5) is 0 Å². The van der Waals surface area contributed by atoms with Gasteiger partial charge in [0.2, 0.25) is 5.91 Å². The lowest BCUT2D eigenvalue weighted by molar-refractivity contribution is -0.116. The van der Waals surface area contributed by atoms with Gasteiger partial charge in [0.05, 0.1) is 11.0 Å². The SMILES string of the molecule is C/C=C/C(=O)NCCCCCc1nc2ccccc2n1CCCc1ccccc1. The van der Waals surface area contributed by atoms with Crippen LogP contribution in [0.2, 0.25) is 0 Å². The van der Waals surface area contributed by atoms with Gasteiger partial charge in [-0.25, -0.2) is 4.98 Å². The van der Waals surface area contributed by atoms with E-state index in [4.69, 9.17) is 4.98 Å². The molecule has 0 unspecified atom stereocenters. The zero-order valence-corrected chi connectivity index (χ0v) is 17.3. The number of allylic oxidation sites excluding steroid dienone is 1. The number of nitrogens with one attached hydrogen (secondary N) is 1. The summed E-state index contributed by atoms with van der Waals surface area (Å²) in [5.74, 6) is 1.17. The Labute approximate surface area is 173 Å². The highest BCUT2D eigenvalue weighted by Gasteiger charge is 2.10. The number of hydrogen-bond donors (Lipinski definition) is 1. The van der Waals surface area contributed by atoms with Gasteiger partial charge in [-0.05, 0) is 56.4 Å². The molecule has 1 aromatic heterocycles. The molecule has 29 heavy (non-hydrogen) atoms. The molecule has 2 aromatic carbocycles. The second-order valence-electron chi connectivity index (χ2n) is 7.36. The molecule has 0 fully saturated rings. The Hall–Kier alpha value is -2.88. The molecule has 1 amide bonds. The van der Waals surface area contributed by atoms with Gasteiger partial charge in [0.1, 0.15) is 5.82 Å². The molecule has 0 saturated heterocycles. The smallest absolute Gasteiger partial charge is 0.243 e. The molecular formula is C25H31N3O. The van der Waals surface area contributed by atoms with Crippen molar-refractivity contribution in [1.29, 1.82) is 0 Å². The first-order chi connectivity index (χ1) is 14.3. The van der Waals surface area contributed by atoms with Gasteiger partial charge in [0.25, 0.3) is 0 Å². The van der Waals surface area contributed by atoms with Crippen LogP contribution >= 0.6 is 0 Å². The summed E-state index contributed by atoms with van der Waals surface area (Å²) in [4.78, 5) is 16.3. The molecule has 0 aliphatic rings. The first-order valence-corrected chi connectivity index (χ1v) is 10.7. The quantitative estimate of drug-likeness (QED) is 0.367. The van der Waals surface area contributed by atoms with E-state index in [2.05, 4.69) is 64.5 Å². The minimum absolute atomic E-state index is 0.00675. The monoisotopic (exact) mass is 389 g/mol. The van der Waals surface area contributed by atoms with Crippen molar-refractivity contribution in [3.05, 3.63) is 78.1 Å². The van der Waals surface area contributed by atoms with E-state index in [0.717, 1.165) is 57.1 Å². The highest BCUT2D eigenvalue weighted by Crippen LogP contribution is 2.19. The zero-order valence-electron chi connectivity index (χ0n) is 17.3. The lowest BCUT2D eigenvalue weighted by Gasteiger charge is -2.10. The maximum atomic E-state index is 11.4. The molecule has 152 valence electrons. The Morgan fingerprint density at radius 3 is 2.59 bits per heavy atom. The van der Waals surface area contributed by atoms with Crippen molar-refractivity contribution in [3.8, 4) is 0 Å². The van der Waals surface area contributed by atoms with Gasteiger partial charge < -0.3 is 9.88 Å². The second-order valence-corrected chi connectivity index (χ2v) is 7.36. The summed E-state index contributed by atoms with van der Waals surface area (Å²) < 4.78 is 2.39. The molecule has 3 aromatic rings. The molecule has 3 rings (SSSR count). The van der Waals surface area contributed by atoms with Crippen molar-refractivity contribution in [1.82, 2.24) is 14.9 Å². The van der Waals surface area contributed by atoms with Gasteiger partial charge in [-0.3, -0.25) is 4.79 Å². The predicted octanol–water partition coefficient (Wildman–Crippen LogP) is 5.07. The van der Waals surface area contributed by atoms with Crippen LogP contribution in [0.1, 0.15) is 44.0 Å². The van der Waals surface area contributed by atoms with E-state index in [1.54, 1.807) is 12.2 Å². The Morgan fingerprint density at radius 2 is 1.76 bits per heavy atom. The third-order valence-electron chi connectivity index (χ3n) is 5.12. The average molecular weight is 390 g/mol. The summed E-state index contributed by atoms with van der Waals surface area (Å²) in [6.07, 6.45) is 9.66. The van der Waals surface area contributed by atoms with Gasteiger partial charge in [0, 0.05) is 19.5 Å². The van der Waals surface area contributed by atoms with E-state index in [-0.39, 0.29) is 5.91 Å². The van der Waals surface area contributed by atoms with Gasteiger partial charge in [0.15, 0.2) is 0 Å². The number of hydrogen-bond acceptors (Lipinski definition) is 2. The van der Waals surface area contributed by atoms with Crippen molar-refractivity contribution < 1.29 is 4.79 Å². The maximum Gasteiger partial charge on any atom is 0.243 e. The van der Waals surface area contributed by atoms with E-state index < -0.39 is 0 Å². The molecule has 0 atom stereocenters. The summed E-state index contributed by atoms with van der Waals surface area (Å²) in [6, 6.07) is 19.1. The minimum Gasteiger partial charge on any atom is -0.353 e. The number of aromatic nitrogens is 2. The van der Waals surface area contributed by atoms with E-state index in [0.29, 0.717) is 0 Å². The molecule has 0 aliphatic carbocycles. The third kappa shape index (κ3) is 6.31. The first kappa shape index (κ1) is 20.8. The lowest BCUT2D eigenvalue weighted by Crippen LogP contribution is -2.21. The molecule has 0 bridgehead atoms. The number of amides is 1. The molecule has 1 N–H and O–H groups in total. The number of aryl methyl sites for hydroxylation is 3. The Bertz CT molecular complexity index is 928. The average Bonchev–Trinajstić information content (AvgIpc) is 3.09. The third-order valence-corrected chi connectivity index (χ3v) is 5.12. The van der Waals surface area contributed by atoms with Crippen molar-refractivity contribution in [2.24, 2.45) is 0 Å². The number of benzene rings is 2. The second kappa shape index (κ2) is 11.2. The number of para-hydroxylation sites is 2. The van der Waals surface area contributed by atoms with Crippen molar-refractivity contribution >= 4 is 16.9 Å². The molecular weight excluding hydrogens is 358 g/mol. The van der Waals surface area contributed by atoms with E-state index in [9.17, 15) is 4.79 Å². The Balaban J connectivity index is 1.53. The van der Waals surface area contributed by atoms with E-state index in [1.807, 2.05) is 6.92 Å². The standard InChI is InChI=1S/C25H31N3O/c1-2-12-25(29)26-19-10-4-7-18-24-27-22-16-8-9-17-23(22)28(24)20-11-15-21-13-5-3-6-14-21/h2-3,5-6,8-9,12-14,16-17H,4,7,10-11,15,18-20H2,1H3,(H,26,29)/b12-2+. The first-order valence-electron chi connectivity index (χ1n) is 10.7. The van der Waals surface area contributed by atoms with E-state index in [1.165, 1.54) is 16.9 Å². The Morgan fingerprint density at radius 1 is 0.966 bits per heavy atom. The van der Waals surface area contributed by atoms with Crippen molar-refractivity contribution in [2.45, 2.75) is 52.0 Å². The van der Waals surface area contributed by atoms with Crippen LogP contribution in [-0.2, 0) is 24.2 Å². The number of nitrogens with zero attached hydrogens (tertiary/aromatic N) is 2. The highest BCUT2D eigenvalue weighted by molar-refractivity contribution is 5.87. The maximum absolute atomic E-state index is 11.4. The van der Waals surface area contributed by atoms with Gasteiger partial charge in [-0.2, -0.15) is 0 Å². The van der Waals surface area contributed by atoms with Crippen LogP contribution in [0.15, 0.2) is 66.7 Å². The van der Waals surface area contributed by atoms with Gasteiger partial charge in [-0.15, -0.1) is 0 Å². The number of rotatable bonds is 11. The predicted molar refractivity (Wildman–Crippen MR) is 120 cm³/mol. The topological polar surface area (TPSA) is 46.9 Å². The van der Waals surface area contributed by atoms with Gasteiger partial charge in [-0.1, -0.05) is 55.0 Å². The summed E-state index contributed by atoms with van der Waals surface area (Å²) in [7, 11) is 0. The zero-order chi connectivity index (χ0) is 20.3. The molecule has 1 heterocycles. The molecule has 0 spiro atoms. The fourth-order valence-corrected chi connectivity index (χ4v) is 3.66. The van der Waals surface area contributed by atoms with Crippen LogP contribution in [0, 0.1) is 0 Å². The molecule has 0 radical (unpaired) electrons. The van der Waals surface area contributed by atoms with Gasteiger partial charge >= 0.3 is 0 Å². The number of carbonyl (C=O) groups is 1. The van der Waals surface area contributed by atoms with Crippen LogP contribution in [-0.4, -0.2) is 22.0 Å². The summed E-state index contributed by atoms with van der Waals surface area (Å²) >= 11 is 0. The highest BCUT2D eigenvalue weighted by atomic mass is 16.1. The molecule has 4 heteroatoms. The van der Waals surface area contributed by atoms with Crippen molar-refractivity contribution in [3.63, 3.8) is 0 Å². The van der Waals surface area contributed by atoms with Crippen LogP contribution in [0.3, 0.4) is 0 Å². The summed E-state index contributed by atoms with van der Waals surface area (Å²) in [5, 5.41) is 2.91. The van der Waals surface area contributed by atoms with E-state index >= 15 is 0 Å². The van der Waals surface area contributed by atoms with Crippen LogP contribution in [0.25, 0.3) is 11.0 Å².